The number of anilines is 1. The van der Waals surface area contributed by atoms with E-state index in [-0.39, 0.29) is 22.6 Å². The molecule has 0 aliphatic rings. The Kier molecular flexibility index (Phi) is 8.55. The van der Waals surface area contributed by atoms with Gasteiger partial charge in [-0.3, -0.25) is 23.9 Å². The first-order valence-electron chi connectivity index (χ1n) is 12.1. The van der Waals surface area contributed by atoms with Gasteiger partial charge in [-0.25, -0.2) is 8.42 Å². The molecule has 4 N–H and O–H groups in total. The third-order valence-electron chi connectivity index (χ3n) is 5.94. The first kappa shape index (κ1) is 28.0. The third kappa shape index (κ3) is 7.08. The second-order valence-electron chi connectivity index (χ2n) is 8.85. The molecule has 4 aromatic carbocycles. The summed E-state index contributed by atoms with van der Waals surface area (Å²) >= 11 is 0. The van der Waals surface area contributed by atoms with Gasteiger partial charge in [-0.15, -0.1) is 0 Å². The fourth-order valence-electron chi connectivity index (χ4n) is 3.97. The Morgan fingerprint density at radius 3 is 2.20 bits per heavy atom. The largest absolute Gasteiger partial charge is 0.480 e. The number of amides is 2. The molecule has 11 heteroatoms. The predicted molar refractivity (Wildman–Crippen MR) is 148 cm³/mol. The molecule has 0 spiro atoms. The van der Waals surface area contributed by atoms with Crippen molar-refractivity contribution < 1.29 is 32.7 Å². The Balaban J connectivity index is 1.53. The van der Waals surface area contributed by atoms with Crippen LogP contribution in [0.25, 0.3) is 10.8 Å². The summed E-state index contributed by atoms with van der Waals surface area (Å²) in [5.41, 5.74) is 0.811. The lowest BCUT2D eigenvalue weighted by molar-refractivity contribution is -0.141. The summed E-state index contributed by atoms with van der Waals surface area (Å²) in [4.78, 5) is 49.0. The molecule has 0 bridgehead atoms. The number of hydrogen-bond donors (Lipinski definition) is 4. The highest BCUT2D eigenvalue weighted by molar-refractivity contribution is 7.92. The second kappa shape index (κ2) is 12.2. The summed E-state index contributed by atoms with van der Waals surface area (Å²) in [5, 5.41) is 15.0. The maximum Gasteiger partial charge on any atom is 0.322 e. The number of rotatable bonds is 11. The number of aliphatic carboxylic acids is 1. The number of benzene rings is 4. The number of sulfonamides is 1. The molecule has 204 valence electrons. The Hall–Kier alpha value is -5.03. The van der Waals surface area contributed by atoms with E-state index in [0.29, 0.717) is 5.56 Å². The maximum absolute atomic E-state index is 13.1. The lowest BCUT2D eigenvalue weighted by atomic mass is 10.0. The van der Waals surface area contributed by atoms with Gasteiger partial charge in [-0.1, -0.05) is 66.7 Å². The summed E-state index contributed by atoms with van der Waals surface area (Å²) in [7, 11) is -3.99. The van der Waals surface area contributed by atoms with Crippen molar-refractivity contribution in [1.82, 2.24) is 10.6 Å². The molecule has 0 aliphatic heterocycles. The normalized spacial score (nSPS) is 11.8. The average Bonchev–Trinajstić information content (AvgIpc) is 2.95. The van der Waals surface area contributed by atoms with Crippen molar-refractivity contribution in [3.8, 4) is 0 Å². The van der Waals surface area contributed by atoms with E-state index in [1.807, 2.05) is 17.4 Å². The van der Waals surface area contributed by atoms with E-state index in [1.54, 1.807) is 54.6 Å². The molecule has 4 aromatic rings. The number of nitrogens with one attached hydrogen (secondary N) is 3. The van der Waals surface area contributed by atoms with Gasteiger partial charge in [0.2, 0.25) is 5.78 Å². The Morgan fingerprint density at radius 1 is 0.775 bits per heavy atom. The summed E-state index contributed by atoms with van der Waals surface area (Å²) in [5.74, 6) is -4.23. The molecule has 0 fully saturated rings. The molecule has 0 aliphatic carbocycles. The van der Waals surface area contributed by atoms with Crippen molar-refractivity contribution in [2.45, 2.75) is 17.4 Å². The zero-order chi connectivity index (χ0) is 28.7. The number of Topliss-reactive ketones (excluding diaryl/α,β-unsaturated/α-hetero) is 1. The average molecular weight is 560 g/mol. The van der Waals surface area contributed by atoms with Gasteiger partial charge in [0.25, 0.3) is 21.8 Å². The van der Waals surface area contributed by atoms with Gasteiger partial charge in [-0.05, 0) is 46.7 Å². The molecule has 0 aromatic heterocycles. The van der Waals surface area contributed by atoms with Gasteiger partial charge in [0.05, 0.1) is 4.90 Å². The number of ketones is 1. The summed E-state index contributed by atoms with van der Waals surface area (Å²) in [6.07, 6.45) is -0.0276. The maximum atomic E-state index is 13.1. The SMILES string of the molecule is O=C(O)CNC(=O)C(=O)[C@H](Cc1ccccc1)NC(=O)c1cccc(NS(=O)(=O)c2ccc3ccccc3c2)c1. The van der Waals surface area contributed by atoms with Crippen LogP contribution in [0.15, 0.2) is 102 Å². The molecular weight excluding hydrogens is 534 g/mol. The predicted octanol–water partition coefficient (Wildman–Crippen LogP) is 2.75. The van der Waals surface area contributed by atoms with E-state index in [1.165, 1.54) is 30.3 Å². The van der Waals surface area contributed by atoms with Crippen molar-refractivity contribution in [2.24, 2.45) is 0 Å². The highest BCUT2D eigenvalue weighted by Crippen LogP contribution is 2.22. The van der Waals surface area contributed by atoms with Gasteiger partial charge in [0.15, 0.2) is 0 Å². The first-order chi connectivity index (χ1) is 19.1. The number of carboxylic acids is 1. The molecule has 10 nitrogen and oxygen atoms in total. The van der Waals surface area contributed by atoms with Crippen LogP contribution in [-0.2, 0) is 30.8 Å². The van der Waals surface area contributed by atoms with Crippen LogP contribution in [0, 0.1) is 0 Å². The van der Waals surface area contributed by atoms with Crippen LogP contribution in [0.3, 0.4) is 0 Å². The van der Waals surface area contributed by atoms with E-state index < -0.39 is 46.2 Å². The lowest BCUT2D eigenvalue weighted by Gasteiger charge is -2.18. The molecule has 40 heavy (non-hydrogen) atoms. The van der Waals surface area contributed by atoms with Gasteiger partial charge in [-0.2, -0.15) is 0 Å². The highest BCUT2D eigenvalue weighted by Gasteiger charge is 2.28. The molecule has 1 atom stereocenters. The minimum atomic E-state index is -3.99. The Labute approximate surface area is 230 Å². The minimum absolute atomic E-state index is 0.0276. The van der Waals surface area contributed by atoms with Crippen LogP contribution in [0.5, 0.6) is 0 Å². The third-order valence-corrected chi connectivity index (χ3v) is 7.32. The Morgan fingerprint density at radius 2 is 1.48 bits per heavy atom. The van der Waals surface area contributed by atoms with Gasteiger partial charge >= 0.3 is 5.97 Å². The minimum Gasteiger partial charge on any atom is -0.480 e. The number of hydrogen-bond acceptors (Lipinski definition) is 6. The first-order valence-corrected chi connectivity index (χ1v) is 13.6. The summed E-state index contributed by atoms with van der Waals surface area (Å²) in [6, 6.07) is 25.1. The molecular formula is C29H25N3O7S. The molecule has 0 saturated heterocycles. The van der Waals surface area contributed by atoms with Crippen LogP contribution in [0.4, 0.5) is 5.69 Å². The van der Waals surface area contributed by atoms with Crippen LogP contribution in [0.2, 0.25) is 0 Å². The van der Waals surface area contributed by atoms with Crippen LogP contribution in [0.1, 0.15) is 15.9 Å². The number of carbonyl (C=O) groups excluding carboxylic acids is 3. The van der Waals surface area contributed by atoms with E-state index in [9.17, 15) is 27.6 Å². The molecule has 0 heterocycles. The zero-order valence-electron chi connectivity index (χ0n) is 21.0. The molecule has 0 unspecified atom stereocenters. The van der Waals surface area contributed by atoms with E-state index in [2.05, 4.69) is 10.0 Å². The van der Waals surface area contributed by atoms with Gasteiger partial charge in [0, 0.05) is 17.7 Å². The zero-order valence-corrected chi connectivity index (χ0v) is 21.9. The van der Waals surface area contributed by atoms with E-state index in [4.69, 9.17) is 5.11 Å². The second-order valence-corrected chi connectivity index (χ2v) is 10.5. The standard InChI is InChI=1S/C29H25N3O7S/c33-26(34)18-30-29(37)27(35)25(15-19-7-2-1-3-8-19)31-28(36)22-11-6-12-23(16-22)32-40(38,39)24-14-13-20-9-4-5-10-21(20)17-24/h1-14,16-17,25,32H,15,18H2,(H,30,37)(H,31,36)(H,33,34)/t25-/m0/s1. The summed E-state index contributed by atoms with van der Waals surface area (Å²) < 4.78 is 28.5. The molecule has 0 radical (unpaired) electrons. The fourth-order valence-corrected chi connectivity index (χ4v) is 5.06. The highest BCUT2D eigenvalue weighted by atomic mass is 32.2. The lowest BCUT2D eigenvalue weighted by Crippen LogP contribution is -2.49. The number of fused-ring (bicyclic) bond motifs is 1. The van der Waals surface area contributed by atoms with Crippen molar-refractivity contribution in [2.75, 3.05) is 11.3 Å². The van der Waals surface area contributed by atoms with Crippen LogP contribution in [-0.4, -0.2) is 49.7 Å². The smallest absolute Gasteiger partial charge is 0.322 e. The monoisotopic (exact) mass is 559 g/mol. The molecule has 2 amide bonds. The van der Waals surface area contributed by atoms with Crippen molar-refractivity contribution in [3.63, 3.8) is 0 Å². The Bertz CT molecular complexity index is 1690. The summed E-state index contributed by atoms with van der Waals surface area (Å²) in [6.45, 7) is -0.754. The quantitative estimate of drug-likeness (QED) is 0.206. The van der Waals surface area contributed by atoms with Gasteiger partial charge in [0.1, 0.15) is 12.6 Å². The van der Waals surface area contributed by atoms with E-state index >= 15 is 0 Å². The topological polar surface area (TPSA) is 159 Å². The van der Waals surface area contributed by atoms with Crippen molar-refractivity contribution in [1.29, 1.82) is 0 Å². The van der Waals surface area contributed by atoms with E-state index in [0.717, 1.165) is 10.8 Å². The molecule has 4 rings (SSSR count). The van der Waals surface area contributed by atoms with Gasteiger partial charge < -0.3 is 15.7 Å². The molecule has 0 saturated carbocycles. The van der Waals surface area contributed by atoms with Crippen molar-refractivity contribution in [3.05, 3.63) is 108 Å². The number of carbonyl (C=O) groups is 4. The van der Waals surface area contributed by atoms with Crippen molar-refractivity contribution >= 4 is 50.1 Å². The van der Waals surface area contributed by atoms with Crippen LogP contribution >= 0.6 is 0 Å². The number of carboxylic acid groups (broad SMARTS) is 1. The van der Waals surface area contributed by atoms with Crippen LogP contribution < -0.4 is 15.4 Å². The fraction of sp³-hybridized carbons (Fsp3) is 0.103.